The number of hydrogen-bond acceptors (Lipinski definition) is 7. The molecule has 1 heterocycles. The summed E-state index contributed by atoms with van der Waals surface area (Å²) in [5.41, 5.74) is 5.00. The number of likely N-dealkylation sites (N-methyl/N-ethyl adjacent to an activating group) is 1. The van der Waals surface area contributed by atoms with Gasteiger partial charge in [0.15, 0.2) is 15.7 Å². The summed E-state index contributed by atoms with van der Waals surface area (Å²) in [5.74, 6) is 0.00749. The number of nitrogen functional groups attached to an aromatic ring is 1. The lowest BCUT2D eigenvalue weighted by Gasteiger charge is -2.34. The monoisotopic (exact) mass is 279 g/mol. The van der Waals surface area contributed by atoms with E-state index >= 15 is 0 Å². The second kappa shape index (κ2) is 4.43. The average Bonchev–Trinajstić information content (AvgIpc) is 2.58. The second-order valence-electron chi connectivity index (χ2n) is 4.50. The zero-order valence-electron chi connectivity index (χ0n) is 10.3. The lowest BCUT2D eigenvalue weighted by Crippen LogP contribution is -2.44. The summed E-state index contributed by atoms with van der Waals surface area (Å²) in [6.07, 6.45) is 1.09. The topological polar surface area (TPSA) is 96.5 Å². The first-order valence-corrected chi connectivity index (χ1v) is 7.57. The van der Waals surface area contributed by atoms with Crippen LogP contribution in [0.2, 0.25) is 0 Å². The smallest absolute Gasteiger partial charge is 0.182 e. The average molecular weight is 279 g/mol. The maximum Gasteiger partial charge on any atom is 0.182 e. The van der Waals surface area contributed by atoms with Gasteiger partial charge in [0.25, 0.3) is 0 Å². The quantitative estimate of drug-likeness (QED) is 0.825. The molecular weight excluding hydrogens is 262 g/mol. The fourth-order valence-corrected chi connectivity index (χ4v) is 3.56. The fourth-order valence-electron chi connectivity index (χ4n) is 1.23. The standard InChI is InChI=1S/C9H17N3O3S2/c1-9(2,5-13)12(3)8-6(17(4,14)15)7(10)11-16-8/h13H,5H2,1-4H3,(H2,10,11). The van der Waals surface area contributed by atoms with Gasteiger partial charge in [0.1, 0.15) is 9.90 Å². The van der Waals surface area contributed by atoms with E-state index in [4.69, 9.17) is 5.73 Å². The molecule has 0 radical (unpaired) electrons. The minimum absolute atomic E-state index is 0.00749. The van der Waals surface area contributed by atoms with Crippen molar-refractivity contribution >= 4 is 32.2 Å². The second-order valence-corrected chi connectivity index (χ2v) is 7.21. The lowest BCUT2D eigenvalue weighted by atomic mass is 10.1. The molecule has 0 saturated heterocycles. The number of hydrogen-bond donors (Lipinski definition) is 2. The van der Waals surface area contributed by atoms with Gasteiger partial charge in [-0.05, 0) is 25.4 Å². The highest BCUT2D eigenvalue weighted by Gasteiger charge is 2.30. The van der Waals surface area contributed by atoms with Crippen LogP contribution in [0, 0.1) is 0 Å². The summed E-state index contributed by atoms with van der Waals surface area (Å²) in [6.45, 7) is 3.49. The summed E-state index contributed by atoms with van der Waals surface area (Å²) < 4.78 is 27.2. The third kappa shape index (κ3) is 2.70. The first-order valence-electron chi connectivity index (χ1n) is 4.91. The first-order chi connectivity index (χ1) is 7.61. The van der Waals surface area contributed by atoms with Crippen molar-refractivity contribution in [3.05, 3.63) is 0 Å². The van der Waals surface area contributed by atoms with Gasteiger partial charge in [0.05, 0.1) is 12.1 Å². The molecule has 0 unspecified atom stereocenters. The summed E-state index contributed by atoms with van der Waals surface area (Å²) >= 11 is 1.01. The molecule has 3 N–H and O–H groups in total. The van der Waals surface area contributed by atoms with Crippen molar-refractivity contribution < 1.29 is 13.5 Å². The predicted molar refractivity (Wildman–Crippen MR) is 69.2 cm³/mol. The van der Waals surface area contributed by atoms with Gasteiger partial charge in [-0.15, -0.1) is 0 Å². The molecular formula is C9H17N3O3S2. The van der Waals surface area contributed by atoms with Gasteiger partial charge < -0.3 is 15.7 Å². The van der Waals surface area contributed by atoms with E-state index in [1.54, 1.807) is 25.8 Å². The number of nitrogens with two attached hydrogens (primary N) is 1. The molecule has 0 bridgehead atoms. The first kappa shape index (κ1) is 14.2. The van der Waals surface area contributed by atoms with Crippen LogP contribution >= 0.6 is 11.5 Å². The molecule has 0 atom stereocenters. The Morgan fingerprint density at radius 3 is 2.47 bits per heavy atom. The highest BCUT2D eigenvalue weighted by molar-refractivity contribution is 7.91. The summed E-state index contributed by atoms with van der Waals surface area (Å²) in [5, 5.41) is 9.74. The van der Waals surface area contributed by atoms with Crippen molar-refractivity contribution in [2.75, 3.05) is 30.5 Å². The molecule has 0 aliphatic rings. The maximum atomic E-state index is 11.7. The Labute approximate surface area is 105 Å². The van der Waals surface area contributed by atoms with Gasteiger partial charge in [-0.25, -0.2) is 8.42 Å². The van der Waals surface area contributed by atoms with Gasteiger partial charge in [-0.1, -0.05) is 0 Å². The van der Waals surface area contributed by atoms with Crippen LogP contribution in [-0.4, -0.2) is 43.3 Å². The molecule has 0 aliphatic carbocycles. The Morgan fingerprint density at radius 2 is 2.06 bits per heavy atom. The van der Waals surface area contributed by atoms with Crippen LogP contribution in [0.5, 0.6) is 0 Å². The van der Waals surface area contributed by atoms with Crippen LogP contribution < -0.4 is 10.6 Å². The highest BCUT2D eigenvalue weighted by atomic mass is 32.2. The van der Waals surface area contributed by atoms with E-state index < -0.39 is 15.4 Å². The Morgan fingerprint density at radius 1 is 1.53 bits per heavy atom. The van der Waals surface area contributed by atoms with Crippen molar-refractivity contribution in [3.63, 3.8) is 0 Å². The van der Waals surface area contributed by atoms with Gasteiger partial charge in [0.2, 0.25) is 0 Å². The van der Waals surface area contributed by atoms with E-state index in [2.05, 4.69) is 4.37 Å². The van der Waals surface area contributed by atoms with Gasteiger partial charge in [0, 0.05) is 13.3 Å². The zero-order chi connectivity index (χ0) is 13.4. The van der Waals surface area contributed by atoms with Crippen LogP contribution in [0.3, 0.4) is 0 Å². The minimum Gasteiger partial charge on any atom is -0.394 e. The summed E-state index contributed by atoms with van der Waals surface area (Å²) in [6, 6.07) is 0. The molecule has 0 spiro atoms. The van der Waals surface area contributed by atoms with Crippen molar-refractivity contribution in [1.29, 1.82) is 0 Å². The zero-order valence-corrected chi connectivity index (χ0v) is 11.9. The molecule has 0 amide bonds. The van der Waals surface area contributed by atoms with E-state index in [0.29, 0.717) is 5.00 Å². The molecule has 1 rings (SSSR count). The Kier molecular flexibility index (Phi) is 3.70. The number of nitrogens with zero attached hydrogens (tertiary/aromatic N) is 2. The molecule has 0 aromatic carbocycles. The minimum atomic E-state index is -3.43. The molecule has 0 aliphatic heterocycles. The number of rotatable bonds is 4. The van der Waals surface area contributed by atoms with Gasteiger partial charge in [-0.2, -0.15) is 4.37 Å². The van der Waals surface area contributed by atoms with Crippen molar-refractivity contribution in [2.24, 2.45) is 0 Å². The largest absolute Gasteiger partial charge is 0.394 e. The number of aromatic nitrogens is 1. The number of sulfone groups is 1. The van der Waals surface area contributed by atoms with Crippen LogP contribution in [0.1, 0.15) is 13.8 Å². The predicted octanol–water partition coefficient (Wildman–Crippen LogP) is 0.336. The van der Waals surface area contributed by atoms with E-state index in [-0.39, 0.29) is 17.3 Å². The van der Waals surface area contributed by atoms with Gasteiger partial charge >= 0.3 is 0 Å². The van der Waals surface area contributed by atoms with E-state index in [0.717, 1.165) is 17.8 Å². The van der Waals surface area contributed by atoms with Crippen molar-refractivity contribution in [2.45, 2.75) is 24.3 Å². The van der Waals surface area contributed by atoms with Crippen LogP contribution in [-0.2, 0) is 9.84 Å². The molecule has 0 fully saturated rings. The van der Waals surface area contributed by atoms with Crippen LogP contribution in [0.4, 0.5) is 10.8 Å². The number of aliphatic hydroxyl groups excluding tert-OH is 1. The third-order valence-electron chi connectivity index (χ3n) is 2.63. The van der Waals surface area contributed by atoms with Gasteiger partial charge in [-0.3, -0.25) is 0 Å². The highest BCUT2D eigenvalue weighted by Crippen LogP contribution is 2.36. The molecule has 0 saturated carbocycles. The number of aliphatic hydroxyl groups is 1. The molecule has 6 nitrogen and oxygen atoms in total. The molecule has 17 heavy (non-hydrogen) atoms. The Balaban J connectivity index is 3.35. The normalized spacial score (nSPS) is 12.8. The van der Waals surface area contributed by atoms with E-state index in [1.807, 2.05) is 0 Å². The maximum absolute atomic E-state index is 11.7. The van der Waals surface area contributed by atoms with E-state index in [9.17, 15) is 13.5 Å². The molecule has 8 heteroatoms. The SMILES string of the molecule is CN(c1snc(N)c1S(C)(=O)=O)C(C)(C)CO. The van der Waals surface area contributed by atoms with E-state index in [1.165, 1.54) is 0 Å². The Bertz CT molecular complexity index is 508. The summed E-state index contributed by atoms with van der Waals surface area (Å²) in [7, 11) is -1.73. The molecule has 1 aromatic rings. The third-order valence-corrected chi connectivity index (χ3v) is 4.84. The number of anilines is 2. The fraction of sp³-hybridized carbons (Fsp3) is 0.667. The lowest BCUT2D eigenvalue weighted by molar-refractivity contribution is 0.216. The Hall–Kier alpha value is -0.860. The van der Waals surface area contributed by atoms with Crippen molar-refractivity contribution in [3.8, 4) is 0 Å². The van der Waals surface area contributed by atoms with Crippen LogP contribution in [0.15, 0.2) is 4.90 Å². The summed E-state index contributed by atoms with van der Waals surface area (Å²) in [4.78, 5) is 1.71. The molecule has 1 aromatic heterocycles. The molecule has 98 valence electrons. The van der Waals surface area contributed by atoms with Crippen molar-refractivity contribution in [1.82, 2.24) is 4.37 Å². The van der Waals surface area contributed by atoms with Crippen LogP contribution in [0.25, 0.3) is 0 Å².